The number of pyridine rings is 1. The summed E-state index contributed by atoms with van der Waals surface area (Å²) in [5, 5.41) is 8.41. The fourth-order valence-electron chi connectivity index (χ4n) is 1.46. The molecule has 0 aromatic carbocycles. The van der Waals surface area contributed by atoms with E-state index in [1.807, 2.05) is 0 Å². The van der Waals surface area contributed by atoms with E-state index in [9.17, 15) is 31.1 Å². The van der Waals surface area contributed by atoms with Crippen molar-refractivity contribution in [1.82, 2.24) is 4.98 Å². The second-order valence-corrected chi connectivity index (χ2v) is 4.24. The first-order valence-electron chi connectivity index (χ1n) is 5.07. The van der Waals surface area contributed by atoms with E-state index < -0.39 is 41.8 Å². The second kappa shape index (κ2) is 6.08. The zero-order chi connectivity index (χ0) is 16.4. The number of aromatic nitrogens is 1. The summed E-state index contributed by atoms with van der Waals surface area (Å²) in [4.78, 5) is 14.0. The van der Waals surface area contributed by atoms with Crippen molar-refractivity contribution in [3.05, 3.63) is 23.0 Å². The third-order valence-electron chi connectivity index (χ3n) is 2.19. The summed E-state index contributed by atoms with van der Waals surface area (Å²) < 4.78 is 78.5. The molecule has 0 bridgehead atoms. The third kappa shape index (κ3) is 4.76. The first-order chi connectivity index (χ1) is 9.45. The van der Waals surface area contributed by atoms with Gasteiger partial charge >= 0.3 is 18.5 Å². The number of carboxylic acids is 1. The molecule has 0 aliphatic carbocycles. The van der Waals surface area contributed by atoms with Gasteiger partial charge in [-0.15, -0.1) is 13.2 Å². The van der Waals surface area contributed by atoms with Gasteiger partial charge in [0.05, 0.1) is 12.1 Å². The number of nitrogens with zero attached hydrogens (tertiary/aromatic N) is 1. The second-order valence-electron chi connectivity index (χ2n) is 3.68. The Morgan fingerprint density at radius 3 is 2.24 bits per heavy atom. The van der Waals surface area contributed by atoms with Crippen molar-refractivity contribution in [1.29, 1.82) is 0 Å². The minimum Gasteiger partial charge on any atom is -0.481 e. The molecule has 0 radical (unpaired) electrons. The van der Waals surface area contributed by atoms with Crippen LogP contribution >= 0.6 is 15.9 Å². The summed E-state index contributed by atoms with van der Waals surface area (Å²) in [6, 6.07) is 0. The van der Waals surface area contributed by atoms with E-state index >= 15 is 0 Å². The molecule has 0 atom stereocenters. The molecular weight excluding hydrogens is 376 g/mol. The Hall–Kier alpha value is -1.52. The highest BCUT2D eigenvalue weighted by atomic mass is 79.9. The molecule has 1 N–H and O–H groups in total. The maximum absolute atomic E-state index is 12.7. The molecule has 0 amide bonds. The molecule has 0 unspecified atom stereocenters. The normalized spacial score (nSPS) is 12.3. The van der Waals surface area contributed by atoms with Gasteiger partial charge in [-0.05, 0) is 0 Å². The van der Waals surface area contributed by atoms with Gasteiger partial charge in [-0.25, -0.2) is 0 Å². The van der Waals surface area contributed by atoms with Crippen LogP contribution in [0.4, 0.5) is 26.3 Å². The highest BCUT2D eigenvalue weighted by Gasteiger charge is 2.42. The lowest BCUT2D eigenvalue weighted by molar-refractivity contribution is -0.276. The summed E-state index contributed by atoms with van der Waals surface area (Å²) in [7, 11) is 0. The molecule has 0 aliphatic rings. The predicted molar refractivity (Wildman–Crippen MR) is 59.9 cm³/mol. The number of carbonyl (C=O) groups is 1. The molecule has 1 rings (SSSR count). The highest BCUT2D eigenvalue weighted by Crippen LogP contribution is 2.41. The molecule has 118 valence electrons. The summed E-state index contributed by atoms with van der Waals surface area (Å²) in [5.74, 6) is -3.22. The van der Waals surface area contributed by atoms with Gasteiger partial charge in [0, 0.05) is 17.1 Å². The molecule has 0 spiro atoms. The van der Waals surface area contributed by atoms with Crippen LogP contribution in [0.25, 0.3) is 0 Å². The maximum atomic E-state index is 12.7. The lowest BCUT2D eigenvalue weighted by Gasteiger charge is -2.19. The van der Waals surface area contributed by atoms with Crippen LogP contribution in [0, 0.1) is 0 Å². The van der Waals surface area contributed by atoms with Gasteiger partial charge in [-0.1, -0.05) is 15.9 Å². The minimum absolute atomic E-state index is 0.170. The lowest BCUT2D eigenvalue weighted by atomic mass is 10.1. The van der Waals surface area contributed by atoms with E-state index in [0.717, 1.165) is 0 Å². The van der Waals surface area contributed by atoms with E-state index in [4.69, 9.17) is 5.11 Å². The first-order valence-corrected chi connectivity index (χ1v) is 6.19. The van der Waals surface area contributed by atoms with E-state index in [1.165, 1.54) is 0 Å². The van der Waals surface area contributed by atoms with E-state index in [1.54, 1.807) is 0 Å². The van der Waals surface area contributed by atoms with Crippen LogP contribution in [-0.2, 0) is 22.7 Å². The Morgan fingerprint density at radius 2 is 1.86 bits per heavy atom. The smallest absolute Gasteiger partial charge is 0.481 e. The summed E-state index contributed by atoms with van der Waals surface area (Å²) in [6.07, 6.45) is -11.5. The van der Waals surface area contributed by atoms with Crippen molar-refractivity contribution in [3.8, 4) is 5.75 Å². The van der Waals surface area contributed by atoms with Crippen LogP contribution in [0.2, 0.25) is 0 Å². The number of hydrogen-bond acceptors (Lipinski definition) is 3. The number of ether oxygens (including phenoxy) is 1. The van der Waals surface area contributed by atoms with Crippen LogP contribution in [0.3, 0.4) is 0 Å². The Bertz CT molecular complexity index is 543. The van der Waals surface area contributed by atoms with Crippen LogP contribution in [0.1, 0.15) is 16.8 Å². The zero-order valence-electron chi connectivity index (χ0n) is 9.85. The first kappa shape index (κ1) is 17.5. The highest BCUT2D eigenvalue weighted by molar-refractivity contribution is 9.08. The Morgan fingerprint density at radius 1 is 1.29 bits per heavy atom. The Balaban J connectivity index is 3.57. The van der Waals surface area contributed by atoms with Gasteiger partial charge in [0.2, 0.25) is 0 Å². The number of carboxylic acid groups (broad SMARTS) is 1. The molecule has 1 aromatic rings. The predicted octanol–water partition coefficient (Wildman–Crippen LogP) is 3.52. The van der Waals surface area contributed by atoms with Gasteiger partial charge in [-0.2, -0.15) is 13.2 Å². The van der Waals surface area contributed by atoms with Crippen LogP contribution < -0.4 is 4.74 Å². The molecule has 4 nitrogen and oxygen atoms in total. The minimum atomic E-state index is -5.40. The van der Waals surface area contributed by atoms with Crippen molar-refractivity contribution in [2.24, 2.45) is 0 Å². The largest absolute Gasteiger partial charge is 0.573 e. The SMILES string of the molecule is O=C(O)Cc1c(CBr)ncc(C(F)(F)F)c1OC(F)(F)F. The molecule has 21 heavy (non-hydrogen) atoms. The van der Waals surface area contributed by atoms with Gasteiger partial charge in [0.1, 0.15) is 11.3 Å². The Labute approximate surface area is 121 Å². The van der Waals surface area contributed by atoms with E-state index in [-0.39, 0.29) is 17.2 Å². The Kier molecular flexibility index (Phi) is 5.07. The average Bonchev–Trinajstić information content (AvgIpc) is 2.27. The van der Waals surface area contributed by atoms with Crippen molar-refractivity contribution in [2.45, 2.75) is 24.3 Å². The summed E-state index contributed by atoms with van der Waals surface area (Å²) in [6.45, 7) is 0. The van der Waals surface area contributed by atoms with Crippen molar-refractivity contribution in [3.63, 3.8) is 0 Å². The van der Waals surface area contributed by atoms with Crippen molar-refractivity contribution < 1.29 is 41.0 Å². The molecule has 0 saturated heterocycles. The molecule has 1 aromatic heterocycles. The zero-order valence-corrected chi connectivity index (χ0v) is 11.4. The topological polar surface area (TPSA) is 59.4 Å². The molecule has 0 aliphatic heterocycles. The fourth-order valence-corrected chi connectivity index (χ4v) is 1.94. The van der Waals surface area contributed by atoms with Gasteiger partial charge in [0.25, 0.3) is 0 Å². The summed E-state index contributed by atoms with van der Waals surface area (Å²) >= 11 is 2.81. The van der Waals surface area contributed by atoms with Crippen molar-refractivity contribution in [2.75, 3.05) is 0 Å². The quantitative estimate of drug-likeness (QED) is 0.640. The van der Waals surface area contributed by atoms with Crippen molar-refractivity contribution >= 4 is 21.9 Å². The number of rotatable bonds is 4. The van der Waals surface area contributed by atoms with Crippen LogP contribution in [0.5, 0.6) is 5.75 Å². The third-order valence-corrected chi connectivity index (χ3v) is 2.73. The van der Waals surface area contributed by atoms with Gasteiger partial charge in [0.15, 0.2) is 0 Å². The summed E-state index contributed by atoms with van der Waals surface area (Å²) in [5.41, 5.74) is -2.86. The number of halogens is 7. The molecule has 11 heteroatoms. The molecule has 0 fully saturated rings. The fraction of sp³-hybridized carbons (Fsp3) is 0.400. The van der Waals surface area contributed by atoms with Crippen LogP contribution in [-0.4, -0.2) is 22.4 Å². The van der Waals surface area contributed by atoms with E-state index in [0.29, 0.717) is 0 Å². The monoisotopic (exact) mass is 381 g/mol. The number of alkyl halides is 7. The van der Waals surface area contributed by atoms with E-state index in [2.05, 4.69) is 25.7 Å². The standard InChI is InChI=1S/C10H6BrF6NO3/c11-2-6-4(1-7(19)20)8(21-10(15,16)17)5(3-18-6)9(12,13)14/h3H,1-2H2,(H,19,20). The molecule has 1 heterocycles. The van der Waals surface area contributed by atoms with Crippen LogP contribution in [0.15, 0.2) is 6.20 Å². The number of hydrogen-bond donors (Lipinski definition) is 1. The maximum Gasteiger partial charge on any atom is 0.573 e. The molecule has 0 saturated carbocycles. The number of aliphatic carboxylic acids is 1. The lowest BCUT2D eigenvalue weighted by Crippen LogP contribution is -2.23. The van der Waals surface area contributed by atoms with Gasteiger partial charge in [-0.3, -0.25) is 9.78 Å². The van der Waals surface area contributed by atoms with Gasteiger partial charge < -0.3 is 9.84 Å². The molecular formula is C10H6BrF6NO3. The average molecular weight is 382 g/mol.